The van der Waals surface area contributed by atoms with Crippen LogP contribution in [0.2, 0.25) is 0 Å². The molecular formula is C22H21F5N4O4S. The summed E-state index contributed by atoms with van der Waals surface area (Å²) in [4.78, 5) is 27.2. The van der Waals surface area contributed by atoms with Crippen LogP contribution in [0.25, 0.3) is 0 Å². The average Bonchev–Trinajstić information content (AvgIpc) is 3.63. The van der Waals surface area contributed by atoms with Gasteiger partial charge in [-0.2, -0.15) is 17.4 Å². The van der Waals surface area contributed by atoms with Crippen molar-refractivity contribution in [2.75, 3.05) is 24.5 Å². The molecule has 2 N–H and O–H groups in total. The highest BCUT2D eigenvalue weighted by Crippen LogP contribution is 2.38. The van der Waals surface area contributed by atoms with Crippen LogP contribution in [0.4, 0.5) is 27.6 Å². The molecule has 1 atom stereocenters. The molecule has 0 radical (unpaired) electrons. The van der Waals surface area contributed by atoms with Crippen molar-refractivity contribution in [3.05, 3.63) is 65.5 Å². The zero-order valence-corrected chi connectivity index (χ0v) is 19.4. The molecule has 0 spiro atoms. The molecule has 1 saturated carbocycles. The van der Waals surface area contributed by atoms with Crippen molar-refractivity contribution in [2.24, 2.45) is 0 Å². The molecular weight excluding hydrogens is 511 g/mol. The van der Waals surface area contributed by atoms with Crippen molar-refractivity contribution in [3.63, 3.8) is 0 Å². The monoisotopic (exact) mass is 532 g/mol. The minimum Gasteiger partial charge on any atom is -0.351 e. The maximum Gasteiger partial charge on any atom is 0.280 e. The van der Waals surface area contributed by atoms with Crippen LogP contribution in [0.5, 0.6) is 0 Å². The van der Waals surface area contributed by atoms with Gasteiger partial charge in [0.1, 0.15) is 11.9 Å². The summed E-state index contributed by atoms with van der Waals surface area (Å²) in [6.07, 6.45) is -1.34. The molecule has 2 amide bonds. The zero-order valence-electron chi connectivity index (χ0n) is 18.6. The number of carbonyl (C=O) groups excluding carboxylic acids is 2. The molecule has 0 unspecified atom stereocenters. The van der Waals surface area contributed by atoms with Crippen LogP contribution >= 0.6 is 0 Å². The SMILES string of the molecule is O=C(NC1CC(F)(F)C1)[C@@H](c1ccccc1F)N(C(=O)CNS(=O)(=O)N1CC1)c1ccc(F)c(F)c1. The second-order valence-electron chi connectivity index (χ2n) is 8.48. The number of hydrogen-bond acceptors (Lipinski definition) is 4. The number of halogens is 5. The van der Waals surface area contributed by atoms with Gasteiger partial charge in [-0.25, -0.2) is 22.0 Å². The molecule has 36 heavy (non-hydrogen) atoms. The first kappa shape index (κ1) is 26.0. The smallest absolute Gasteiger partial charge is 0.280 e. The maximum atomic E-state index is 14.8. The number of benzene rings is 2. The predicted octanol–water partition coefficient (Wildman–Crippen LogP) is 2.24. The van der Waals surface area contributed by atoms with Crippen molar-refractivity contribution >= 4 is 27.7 Å². The van der Waals surface area contributed by atoms with Gasteiger partial charge in [0, 0.05) is 49.3 Å². The average molecular weight is 532 g/mol. The fourth-order valence-electron chi connectivity index (χ4n) is 3.82. The zero-order chi connectivity index (χ0) is 26.3. The highest BCUT2D eigenvalue weighted by Gasteiger charge is 2.47. The third-order valence-corrected chi connectivity index (χ3v) is 7.30. The number of anilines is 1. The van der Waals surface area contributed by atoms with Crippen molar-refractivity contribution in [3.8, 4) is 0 Å². The van der Waals surface area contributed by atoms with E-state index in [2.05, 4.69) is 5.32 Å². The predicted molar refractivity (Wildman–Crippen MR) is 118 cm³/mol. The third-order valence-electron chi connectivity index (χ3n) is 5.74. The minimum atomic E-state index is -4.01. The molecule has 2 aliphatic rings. The van der Waals surface area contributed by atoms with E-state index in [0.717, 1.165) is 22.5 Å². The lowest BCUT2D eigenvalue weighted by molar-refractivity contribution is -0.132. The van der Waals surface area contributed by atoms with Crippen LogP contribution in [0.1, 0.15) is 24.4 Å². The number of nitrogens with one attached hydrogen (secondary N) is 2. The lowest BCUT2D eigenvalue weighted by Crippen LogP contribution is -2.55. The number of carbonyl (C=O) groups is 2. The summed E-state index contributed by atoms with van der Waals surface area (Å²) in [6, 6.07) is 4.20. The van der Waals surface area contributed by atoms with Crippen molar-refractivity contribution in [2.45, 2.75) is 30.8 Å². The van der Waals surface area contributed by atoms with Gasteiger partial charge in [0.05, 0.1) is 6.54 Å². The van der Waals surface area contributed by atoms with Crippen molar-refractivity contribution in [1.82, 2.24) is 14.3 Å². The summed E-state index contributed by atoms with van der Waals surface area (Å²) in [5.41, 5.74) is -0.750. The van der Waals surface area contributed by atoms with Crippen LogP contribution in [0, 0.1) is 17.5 Å². The van der Waals surface area contributed by atoms with Crippen LogP contribution in [-0.2, 0) is 19.8 Å². The van der Waals surface area contributed by atoms with E-state index in [9.17, 15) is 40.0 Å². The Morgan fingerprint density at radius 1 is 1.03 bits per heavy atom. The fourth-order valence-corrected chi connectivity index (χ4v) is 4.87. The molecule has 4 rings (SSSR count). The van der Waals surface area contributed by atoms with Gasteiger partial charge < -0.3 is 5.32 Å². The quantitative estimate of drug-likeness (QED) is 0.383. The van der Waals surface area contributed by atoms with Crippen LogP contribution in [0.3, 0.4) is 0 Å². The summed E-state index contributed by atoms with van der Waals surface area (Å²) < 4.78 is 96.6. The molecule has 1 aliphatic carbocycles. The number of rotatable bonds is 9. The van der Waals surface area contributed by atoms with E-state index < -0.39 is 76.9 Å². The molecule has 1 saturated heterocycles. The van der Waals surface area contributed by atoms with E-state index in [1.54, 1.807) is 0 Å². The van der Waals surface area contributed by atoms with Gasteiger partial charge in [0.25, 0.3) is 16.1 Å². The second kappa shape index (κ2) is 9.75. The van der Waals surface area contributed by atoms with E-state index in [1.165, 1.54) is 12.1 Å². The molecule has 0 bridgehead atoms. The van der Waals surface area contributed by atoms with E-state index in [-0.39, 0.29) is 24.3 Å². The minimum absolute atomic E-state index is 0.239. The van der Waals surface area contributed by atoms with Gasteiger partial charge in [0.15, 0.2) is 11.6 Å². The van der Waals surface area contributed by atoms with Gasteiger partial charge in [-0.15, -0.1) is 0 Å². The van der Waals surface area contributed by atoms with Gasteiger partial charge in [0.2, 0.25) is 11.8 Å². The topological polar surface area (TPSA) is 98.6 Å². The second-order valence-corrected chi connectivity index (χ2v) is 10.2. The highest BCUT2D eigenvalue weighted by molar-refractivity contribution is 7.87. The van der Waals surface area contributed by atoms with Crippen molar-refractivity contribution in [1.29, 1.82) is 0 Å². The van der Waals surface area contributed by atoms with Crippen molar-refractivity contribution < 1.29 is 40.0 Å². The van der Waals surface area contributed by atoms with E-state index in [1.807, 2.05) is 4.72 Å². The molecule has 1 aliphatic heterocycles. The summed E-state index contributed by atoms with van der Waals surface area (Å²) >= 11 is 0. The fraction of sp³-hybridized carbons (Fsp3) is 0.364. The third kappa shape index (κ3) is 5.65. The Bertz CT molecular complexity index is 1280. The summed E-state index contributed by atoms with van der Waals surface area (Å²) in [6.45, 7) is -0.428. The molecule has 2 aromatic carbocycles. The summed E-state index contributed by atoms with van der Waals surface area (Å²) in [7, 11) is -4.01. The Morgan fingerprint density at radius 2 is 1.69 bits per heavy atom. The van der Waals surface area contributed by atoms with E-state index in [0.29, 0.717) is 17.0 Å². The summed E-state index contributed by atoms with van der Waals surface area (Å²) in [5.74, 6) is -8.75. The molecule has 8 nitrogen and oxygen atoms in total. The maximum absolute atomic E-state index is 14.8. The molecule has 194 valence electrons. The van der Waals surface area contributed by atoms with Gasteiger partial charge >= 0.3 is 0 Å². The van der Waals surface area contributed by atoms with Crippen LogP contribution < -0.4 is 14.9 Å². The Labute approximate surface area is 203 Å². The summed E-state index contributed by atoms with van der Waals surface area (Å²) in [5, 5.41) is 2.34. The lowest BCUT2D eigenvalue weighted by atomic mass is 9.87. The number of nitrogens with zero attached hydrogens (tertiary/aromatic N) is 2. The van der Waals surface area contributed by atoms with Gasteiger partial charge in [-0.3, -0.25) is 14.5 Å². The lowest BCUT2D eigenvalue weighted by Gasteiger charge is -2.38. The van der Waals surface area contributed by atoms with Gasteiger partial charge in [-0.1, -0.05) is 18.2 Å². The molecule has 1 heterocycles. The highest BCUT2D eigenvalue weighted by atomic mass is 32.2. The number of alkyl halides is 2. The first-order valence-corrected chi connectivity index (χ1v) is 12.3. The molecule has 2 aromatic rings. The Hall–Kier alpha value is -3.10. The van der Waals surface area contributed by atoms with E-state index >= 15 is 0 Å². The van der Waals surface area contributed by atoms with Gasteiger partial charge in [-0.05, 0) is 18.2 Å². The van der Waals surface area contributed by atoms with E-state index in [4.69, 9.17) is 0 Å². The normalized spacial score (nSPS) is 18.2. The Morgan fingerprint density at radius 3 is 2.28 bits per heavy atom. The largest absolute Gasteiger partial charge is 0.351 e. The molecule has 14 heteroatoms. The Balaban J connectivity index is 1.73. The molecule has 0 aromatic heterocycles. The first-order valence-electron chi connectivity index (χ1n) is 10.8. The standard InChI is InChI=1S/C22H21F5N4O4S/c23-16-4-2-1-3-15(16)20(21(33)29-13-10-22(26,27)11-13)31(14-5-6-17(24)18(25)9-14)19(32)12-28-36(34,35)30-7-8-30/h1-6,9,13,20,28H,7-8,10-12H2,(H,29,33)/t20-/m1/s1. The first-order chi connectivity index (χ1) is 16.9. The van der Waals surface area contributed by atoms with Crippen LogP contribution in [-0.4, -0.2) is 56.1 Å². The number of amides is 2. The van der Waals surface area contributed by atoms with Crippen LogP contribution in [0.15, 0.2) is 42.5 Å². The molecule has 2 fully saturated rings. The Kier molecular flexibility index (Phi) is 7.03. The number of hydrogen-bond donors (Lipinski definition) is 2.